The first-order valence-electron chi connectivity index (χ1n) is 7.88. The number of esters is 1. The van der Waals surface area contributed by atoms with Crippen LogP contribution < -0.4 is 0 Å². The van der Waals surface area contributed by atoms with E-state index < -0.39 is 22.9 Å². The lowest BCUT2D eigenvalue weighted by atomic mass is 10.1. The van der Waals surface area contributed by atoms with Crippen LogP contribution in [0.15, 0.2) is 20.5 Å². The summed E-state index contributed by atoms with van der Waals surface area (Å²) in [6.07, 6.45) is 1.47. The van der Waals surface area contributed by atoms with E-state index in [1.807, 2.05) is 13.8 Å². The van der Waals surface area contributed by atoms with Crippen molar-refractivity contribution in [2.45, 2.75) is 70.8 Å². The van der Waals surface area contributed by atoms with Gasteiger partial charge in [-0.15, -0.1) is 0 Å². The van der Waals surface area contributed by atoms with Gasteiger partial charge < -0.3 is 9.64 Å². The van der Waals surface area contributed by atoms with E-state index in [9.17, 15) is 9.59 Å². The van der Waals surface area contributed by atoms with Gasteiger partial charge >= 0.3 is 5.97 Å². The van der Waals surface area contributed by atoms with Crippen molar-refractivity contribution in [3.8, 4) is 0 Å². The molecule has 0 N–H and O–H groups in total. The molecule has 0 aromatic carbocycles. The van der Waals surface area contributed by atoms with Crippen LogP contribution in [-0.2, 0) is 14.3 Å². The van der Waals surface area contributed by atoms with Crippen LogP contribution in [-0.4, -0.2) is 46.8 Å². The minimum absolute atomic E-state index is 0.0583. The SMILES string of the molecule is CC1(CCC(=O)N(CCC2(C)N=N2)CC(=O)OC(C)(C)C)N=N1. The molecule has 2 heterocycles. The quantitative estimate of drug-likeness (QED) is 0.642. The third-order valence-electron chi connectivity index (χ3n) is 3.64. The first-order valence-corrected chi connectivity index (χ1v) is 7.88. The van der Waals surface area contributed by atoms with Gasteiger partial charge in [-0.25, -0.2) is 0 Å². The van der Waals surface area contributed by atoms with E-state index in [0.717, 1.165) is 0 Å². The summed E-state index contributed by atoms with van der Waals surface area (Å²) in [6, 6.07) is 0. The summed E-state index contributed by atoms with van der Waals surface area (Å²) in [4.78, 5) is 26.0. The van der Waals surface area contributed by atoms with Crippen molar-refractivity contribution in [2.24, 2.45) is 20.5 Å². The van der Waals surface area contributed by atoms with Gasteiger partial charge in [0, 0.05) is 25.8 Å². The van der Waals surface area contributed by atoms with E-state index in [4.69, 9.17) is 4.74 Å². The van der Waals surface area contributed by atoms with E-state index in [0.29, 0.717) is 25.8 Å². The summed E-state index contributed by atoms with van der Waals surface area (Å²) in [5, 5.41) is 15.7. The Morgan fingerprint density at radius 3 is 2.00 bits per heavy atom. The van der Waals surface area contributed by atoms with E-state index in [1.54, 1.807) is 20.8 Å². The Bertz CT molecular complexity index is 538. The second-order valence-electron chi connectivity index (χ2n) is 7.49. The molecule has 2 rings (SSSR count). The second kappa shape index (κ2) is 5.98. The Balaban J connectivity index is 1.87. The Hall–Kier alpha value is -1.86. The van der Waals surface area contributed by atoms with Crippen LogP contribution in [0.5, 0.6) is 0 Å². The Kier molecular flexibility index (Phi) is 4.54. The molecule has 1 amide bonds. The Labute approximate surface area is 136 Å². The molecule has 0 atom stereocenters. The molecule has 8 heteroatoms. The van der Waals surface area contributed by atoms with Gasteiger partial charge in [0.05, 0.1) is 0 Å². The number of amides is 1. The molecule has 23 heavy (non-hydrogen) atoms. The number of nitrogens with zero attached hydrogens (tertiary/aromatic N) is 5. The lowest BCUT2D eigenvalue weighted by molar-refractivity contribution is -0.159. The molecule has 2 aliphatic rings. The number of ether oxygens (including phenoxy) is 1. The highest BCUT2D eigenvalue weighted by Gasteiger charge is 2.37. The third-order valence-corrected chi connectivity index (χ3v) is 3.64. The molecule has 0 aromatic heterocycles. The Morgan fingerprint density at radius 1 is 1.00 bits per heavy atom. The lowest BCUT2D eigenvalue weighted by Crippen LogP contribution is -2.40. The normalized spacial score (nSPS) is 19.3. The van der Waals surface area contributed by atoms with Gasteiger partial charge in [0.25, 0.3) is 0 Å². The molecular weight excluding hydrogens is 298 g/mol. The van der Waals surface area contributed by atoms with Crippen molar-refractivity contribution in [3.63, 3.8) is 0 Å². The highest BCUT2D eigenvalue weighted by Crippen LogP contribution is 2.33. The van der Waals surface area contributed by atoms with Crippen LogP contribution in [0, 0.1) is 0 Å². The van der Waals surface area contributed by atoms with Crippen molar-refractivity contribution in [1.29, 1.82) is 0 Å². The maximum Gasteiger partial charge on any atom is 0.326 e. The number of rotatable bonds is 8. The molecule has 0 unspecified atom stereocenters. The molecule has 0 fully saturated rings. The van der Waals surface area contributed by atoms with Crippen molar-refractivity contribution in [1.82, 2.24) is 4.90 Å². The highest BCUT2D eigenvalue weighted by molar-refractivity contribution is 5.82. The van der Waals surface area contributed by atoms with E-state index in [2.05, 4.69) is 20.5 Å². The molecule has 0 radical (unpaired) electrons. The number of carbonyl (C=O) groups is 2. The molecule has 0 saturated carbocycles. The minimum Gasteiger partial charge on any atom is -0.459 e. The summed E-state index contributed by atoms with van der Waals surface area (Å²) < 4.78 is 5.31. The topological polar surface area (TPSA) is 96.0 Å². The van der Waals surface area contributed by atoms with Crippen molar-refractivity contribution in [3.05, 3.63) is 0 Å². The van der Waals surface area contributed by atoms with Gasteiger partial charge in [0.15, 0.2) is 11.3 Å². The molecule has 128 valence electrons. The van der Waals surface area contributed by atoms with Gasteiger partial charge in [0.1, 0.15) is 12.1 Å². The predicted octanol–water partition coefficient (Wildman–Crippen LogP) is 2.69. The fraction of sp³-hybridized carbons (Fsp3) is 0.867. The highest BCUT2D eigenvalue weighted by atomic mass is 16.6. The van der Waals surface area contributed by atoms with Crippen molar-refractivity contribution >= 4 is 11.9 Å². The Morgan fingerprint density at radius 2 is 1.52 bits per heavy atom. The second-order valence-corrected chi connectivity index (χ2v) is 7.49. The van der Waals surface area contributed by atoms with Crippen LogP contribution >= 0.6 is 0 Å². The van der Waals surface area contributed by atoms with E-state index in [1.165, 1.54) is 4.90 Å². The van der Waals surface area contributed by atoms with Crippen LogP contribution in [0.4, 0.5) is 0 Å². The number of hydrogen-bond donors (Lipinski definition) is 0. The summed E-state index contributed by atoms with van der Waals surface area (Å²) in [7, 11) is 0. The van der Waals surface area contributed by atoms with E-state index >= 15 is 0 Å². The largest absolute Gasteiger partial charge is 0.459 e. The summed E-state index contributed by atoms with van der Waals surface area (Å²) in [6.45, 7) is 9.54. The molecule has 0 saturated heterocycles. The third kappa shape index (κ3) is 6.03. The lowest BCUT2D eigenvalue weighted by Gasteiger charge is -2.25. The number of carbonyl (C=O) groups excluding carboxylic acids is 2. The molecule has 8 nitrogen and oxygen atoms in total. The average Bonchev–Trinajstić information content (AvgIpc) is 3.31. The standard InChI is InChI=1S/C15H25N5O3/c1-13(2,3)23-12(22)10-20(9-8-15(5)18-19-15)11(21)6-7-14(4)16-17-14/h6-10H2,1-5H3. The van der Waals surface area contributed by atoms with Gasteiger partial charge in [-0.3, -0.25) is 9.59 Å². The fourth-order valence-corrected chi connectivity index (χ4v) is 2.04. The van der Waals surface area contributed by atoms with Gasteiger partial charge in [-0.1, -0.05) is 0 Å². The zero-order valence-electron chi connectivity index (χ0n) is 14.5. The summed E-state index contributed by atoms with van der Waals surface area (Å²) >= 11 is 0. The zero-order chi connectivity index (χ0) is 17.3. The predicted molar refractivity (Wildman–Crippen MR) is 82.8 cm³/mol. The van der Waals surface area contributed by atoms with Crippen LogP contribution in [0.1, 0.15) is 53.9 Å². The summed E-state index contributed by atoms with van der Waals surface area (Å²) in [5.41, 5.74) is -1.39. The fourth-order valence-electron chi connectivity index (χ4n) is 2.04. The maximum absolute atomic E-state index is 12.4. The van der Waals surface area contributed by atoms with Gasteiger partial charge in [-0.05, 0) is 34.6 Å². The van der Waals surface area contributed by atoms with E-state index in [-0.39, 0.29) is 12.5 Å². The minimum atomic E-state index is -0.571. The smallest absolute Gasteiger partial charge is 0.326 e. The molecule has 2 aliphatic heterocycles. The monoisotopic (exact) mass is 323 g/mol. The van der Waals surface area contributed by atoms with Gasteiger partial charge in [-0.2, -0.15) is 20.5 Å². The van der Waals surface area contributed by atoms with Crippen molar-refractivity contribution in [2.75, 3.05) is 13.1 Å². The molecule has 0 bridgehead atoms. The first kappa shape index (κ1) is 17.5. The number of hydrogen-bond acceptors (Lipinski definition) is 7. The first-order chi connectivity index (χ1) is 10.5. The van der Waals surface area contributed by atoms with Crippen LogP contribution in [0.2, 0.25) is 0 Å². The van der Waals surface area contributed by atoms with Crippen LogP contribution in [0.3, 0.4) is 0 Å². The molecule has 0 aromatic rings. The van der Waals surface area contributed by atoms with Gasteiger partial charge in [0.2, 0.25) is 5.91 Å². The average molecular weight is 323 g/mol. The van der Waals surface area contributed by atoms with Crippen molar-refractivity contribution < 1.29 is 14.3 Å². The maximum atomic E-state index is 12.4. The summed E-state index contributed by atoms with van der Waals surface area (Å²) in [5.74, 6) is -0.508. The zero-order valence-corrected chi connectivity index (χ0v) is 14.5. The molecule has 0 spiro atoms. The molecule has 0 aliphatic carbocycles. The van der Waals surface area contributed by atoms with Crippen LogP contribution in [0.25, 0.3) is 0 Å². The molecular formula is C15H25N5O3.